The van der Waals surface area contributed by atoms with E-state index in [1.54, 1.807) is 18.2 Å². The predicted octanol–water partition coefficient (Wildman–Crippen LogP) is 6.47. The molecular weight excluding hydrogens is 585 g/mol. The van der Waals surface area contributed by atoms with E-state index in [-0.39, 0.29) is 30.8 Å². The summed E-state index contributed by atoms with van der Waals surface area (Å²) in [6.07, 6.45) is -2.68. The van der Waals surface area contributed by atoms with Crippen LogP contribution in [0.25, 0.3) is 5.69 Å². The number of carboxylic acid groups (broad SMARTS) is 1. The number of benzene rings is 2. The van der Waals surface area contributed by atoms with E-state index >= 15 is 0 Å². The third kappa shape index (κ3) is 5.87. The summed E-state index contributed by atoms with van der Waals surface area (Å²) in [5.74, 6) is -0.315. The zero-order valence-electron chi connectivity index (χ0n) is 21.8. The number of hydrogen-bond acceptors (Lipinski definition) is 8. The fourth-order valence-corrected chi connectivity index (χ4v) is 6.49. The number of carboxylic acids is 1. The Morgan fingerprint density at radius 2 is 1.95 bits per heavy atom. The van der Waals surface area contributed by atoms with Gasteiger partial charge in [0.15, 0.2) is 23.2 Å². The van der Waals surface area contributed by atoms with Crippen molar-refractivity contribution in [3.05, 3.63) is 82.0 Å². The SMILES string of the molecule is COc1cccc([C@H]2S[C@H](CCc3ncc(CCC(=O)O)o3)c3nnc(C(F)(F)F)n3-c3ccc(Cl)cc32)c1OC. The molecule has 0 spiro atoms. The van der Waals surface area contributed by atoms with Crippen LogP contribution in [0.1, 0.15) is 57.8 Å². The first-order chi connectivity index (χ1) is 19.6. The van der Waals surface area contributed by atoms with Crippen LogP contribution in [-0.2, 0) is 23.8 Å². The number of fused-ring (bicyclic) bond motifs is 3. The Bertz CT molecular complexity index is 1570. The maximum Gasteiger partial charge on any atom is 0.452 e. The van der Waals surface area contributed by atoms with Gasteiger partial charge in [-0.15, -0.1) is 22.0 Å². The molecule has 0 radical (unpaired) electrons. The van der Waals surface area contributed by atoms with Gasteiger partial charge in [-0.1, -0.05) is 23.7 Å². The number of rotatable bonds is 9. The van der Waals surface area contributed by atoms with Crippen LogP contribution in [0.2, 0.25) is 5.02 Å². The van der Waals surface area contributed by atoms with E-state index in [1.807, 2.05) is 6.07 Å². The zero-order valence-corrected chi connectivity index (χ0v) is 23.4. The van der Waals surface area contributed by atoms with Crippen molar-refractivity contribution in [1.82, 2.24) is 19.7 Å². The molecule has 0 saturated carbocycles. The Kier molecular flexibility index (Phi) is 8.18. The summed E-state index contributed by atoms with van der Waals surface area (Å²) in [7, 11) is 3.01. The molecule has 216 valence electrons. The van der Waals surface area contributed by atoms with Gasteiger partial charge in [-0.25, -0.2) is 4.98 Å². The molecule has 3 heterocycles. The lowest BCUT2D eigenvalue weighted by Gasteiger charge is -2.24. The number of aliphatic carboxylic acids is 1. The van der Waals surface area contributed by atoms with E-state index in [0.29, 0.717) is 45.7 Å². The number of thioether (sulfide) groups is 1. The molecule has 1 aliphatic heterocycles. The van der Waals surface area contributed by atoms with Crippen molar-refractivity contribution in [1.29, 1.82) is 0 Å². The maximum absolute atomic E-state index is 14.2. The van der Waals surface area contributed by atoms with Gasteiger partial charge in [-0.2, -0.15) is 13.2 Å². The number of methoxy groups -OCH3 is 2. The molecule has 1 aliphatic rings. The molecular formula is C27H24ClF3N4O5S. The monoisotopic (exact) mass is 608 g/mol. The second kappa shape index (κ2) is 11.6. The molecule has 2 aromatic carbocycles. The van der Waals surface area contributed by atoms with Crippen LogP contribution in [0.15, 0.2) is 47.0 Å². The number of para-hydroxylation sites is 1. The molecule has 41 heavy (non-hydrogen) atoms. The number of halogens is 4. The van der Waals surface area contributed by atoms with Crippen molar-refractivity contribution >= 4 is 29.3 Å². The lowest BCUT2D eigenvalue weighted by atomic mass is 10.0. The van der Waals surface area contributed by atoms with Crippen LogP contribution >= 0.6 is 23.4 Å². The highest BCUT2D eigenvalue weighted by atomic mass is 35.5. The van der Waals surface area contributed by atoms with Gasteiger partial charge in [0, 0.05) is 23.4 Å². The Labute approximate surface area is 241 Å². The summed E-state index contributed by atoms with van der Waals surface area (Å²) in [5, 5.41) is 15.7. The molecule has 0 bridgehead atoms. The number of oxazole rings is 1. The second-order valence-electron chi connectivity index (χ2n) is 9.16. The molecule has 2 atom stereocenters. The number of nitrogens with zero attached hydrogens (tertiary/aromatic N) is 4. The van der Waals surface area contributed by atoms with Gasteiger partial charge in [0.1, 0.15) is 5.76 Å². The number of carbonyl (C=O) groups is 1. The number of aromatic nitrogens is 4. The van der Waals surface area contributed by atoms with Crippen molar-refractivity contribution in [3.63, 3.8) is 0 Å². The standard InChI is InChI=1S/C27H24ClF3N4O5S/c1-38-19-5-3-4-16(23(19)39-2)24-17-12-14(28)6-8-18(17)35-25(33-34-26(35)27(29,30)31)20(41-24)9-10-21-32-13-15(40-21)7-11-22(36)37/h3-6,8,12-13,20,24H,7,9-11H2,1-2H3,(H,36,37)/t20-,24-/m1/s1. The lowest BCUT2D eigenvalue weighted by molar-refractivity contribution is -0.146. The topological polar surface area (TPSA) is 113 Å². The number of ether oxygens (including phenoxy) is 2. The predicted molar refractivity (Wildman–Crippen MR) is 144 cm³/mol. The van der Waals surface area contributed by atoms with Gasteiger partial charge >= 0.3 is 12.1 Å². The molecule has 0 unspecified atom stereocenters. The van der Waals surface area contributed by atoms with Gasteiger partial charge in [0.05, 0.1) is 43.0 Å². The minimum absolute atomic E-state index is 0.110. The van der Waals surface area contributed by atoms with Gasteiger partial charge < -0.3 is 19.0 Å². The van der Waals surface area contributed by atoms with Crippen molar-refractivity contribution in [2.45, 2.75) is 42.4 Å². The van der Waals surface area contributed by atoms with Crippen LogP contribution in [-0.4, -0.2) is 45.0 Å². The molecule has 0 amide bonds. The quantitative estimate of drug-likeness (QED) is 0.228. The third-order valence-electron chi connectivity index (χ3n) is 6.57. The lowest BCUT2D eigenvalue weighted by Crippen LogP contribution is -2.16. The van der Waals surface area contributed by atoms with Crippen molar-refractivity contribution in [2.24, 2.45) is 0 Å². The van der Waals surface area contributed by atoms with Crippen LogP contribution in [0.4, 0.5) is 13.2 Å². The fourth-order valence-electron chi connectivity index (χ4n) is 4.78. The molecule has 2 aromatic heterocycles. The average molecular weight is 609 g/mol. The number of alkyl halides is 3. The van der Waals surface area contributed by atoms with E-state index in [2.05, 4.69) is 15.2 Å². The number of aryl methyl sites for hydroxylation is 2. The van der Waals surface area contributed by atoms with Crippen molar-refractivity contribution in [3.8, 4) is 17.2 Å². The molecule has 5 rings (SSSR count). The van der Waals surface area contributed by atoms with E-state index in [1.165, 1.54) is 44.3 Å². The second-order valence-corrected chi connectivity index (χ2v) is 10.9. The van der Waals surface area contributed by atoms with Gasteiger partial charge in [-0.3, -0.25) is 9.36 Å². The smallest absolute Gasteiger partial charge is 0.452 e. The molecule has 0 saturated heterocycles. The first kappa shape index (κ1) is 28.8. The van der Waals surface area contributed by atoms with Gasteiger partial charge in [0.2, 0.25) is 5.82 Å². The summed E-state index contributed by atoms with van der Waals surface area (Å²) in [6, 6.07) is 10.1. The van der Waals surface area contributed by atoms with Crippen LogP contribution < -0.4 is 9.47 Å². The molecule has 14 heteroatoms. The summed E-state index contributed by atoms with van der Waals surface area (Å²) >= 11 is 7.77. The van der Waals surface area contributed by atoms with Crippen LogP contribution in [0, 0.1) is 0 Å². The molecule has 4 aromatic rings. The van der Waals surface area contributed by atoms with E-state index < -0.39 is 28.5 Å². The van der Waals surface area contributed by atoms with E-state index in [0.717, 1.165) is 4.57 Å². The maximum atomic E-state index is 14.2. The van der Waals surface area contributed by atoms with Gasteiger partial charge in [0.25, 0.3) is 0 Å². The minimum Gasteiger partial charge on any atom is -0.493 e. The highest BCUT2D eigenvalue weighted by Gasteiger charge is 2.43. The zero-order chi connectivity index (χ0) is 29.3. The Morgan fingerprint density at radius 1 is 1.15 bits per heavy atom. The molecule has 0 aliphatic carbocycles. The van der Waals surface area contributed by atoms with E-state index in [9.17, 15) is 18.0 Å². The first-order valence-electron chi connectivity index (χ1n) is 12.4. The molecule has 9 nitrogen and oxygen atoms in total. The largest absolute Gasteiger partial charge is 0.493 e. The summed E-state index contributed by atoms with van der Waals surface area (Å²) in [4.78, 5) is 15.1. The first-order valence-corrected chi connectivity index (χ1v) is 13.8. The Morgan fingerprint density at radius 3 is 2.66 bits per heavy atom. The summed E-state index contributed by atoms with van der Waals surface area (Å²) < 4.78 is 60.5. The third-order valence-corrected chi connectivity index (χ3v) is 8.36. The summed E-state index contributed by atoms with van der Waals surface area (Å²) in [6.45, 7) is 0. The molecule has 0 fully saturated rings. The summed E-state index contributed by atoms with van der Waals surface area (Å²) in [5.41, 5.74) is 1.46. The fraction of sp³-hybridized carbons (Fsp3) is 0.333. The Balaban J connectivity index is 1.61. The molecule has 1 N–H and O–H groups in total. The highest BCUT2D eigenvalue weighted by molar-refractivity contribution is 8.00. The van der Waals surface area contributed by atoms with Crippen molar-refractivity contribution < 1.29 is 37.0 Å². The Hall–Kier alpha value is -3.71. The van der Waals surface area contributed by atoms with E-state index in [4.69, 9.17) is 30.6 Å². The number of hydrogen-bond donors (Lipinski definition) is 1. The highest BCUT2D eigenvalue weighted by Crippen LogP contribution is 2.54. The average Bonchev–Trinajstić information content (AvgIpc) is 3.56. The van der Waals surface area contributed by atoms with Crippen LogP contribution in [0.3, 0.4) is 0 Å². The van der Waals surface area contributed by atoms with Crippen LogP contribution in [0.5, 0.6) is 11.5 Å². The normalized spacial score (nSPS) is 16.5. The minimum atomic E-state index is -4.77. The van der Waals surface area contributed by atoms with Gasteiger partial charge in [-0.05, 0) is 36.2 Å². The van der Waals surface area contributed by atoms with Crippen molar-refractivity contribution in [2.75, 3.05) is 14.2 Å².